The number of carbonyl (C=O) groups is 2. The monoisotopic (exact) mass is 818 g/mol. The summed E-state index contributed by atoms with van der Waals surface area (Å²) in [6.45, 7) is 3.73. The molecule has 0 aromatic heterocycles. The van der Waals surface area contributed by atoms with E-state index < -0.39 is 78.4 Å². The number of ether oxygens (including phenoxy) is 2. The summed E-state index contributed by atoms with van der Waals surface area (Å²) >= 11 is 0. The number of hydrogen-bond donors (Lipinski definition) is 6. The fraction of sp³-hybridized carbons (Fsp3) is 0.892. The van der Waals surface area contributed by atoms with Crippen molar-refractivity contribution in [1.82, 2.24) is 0 Å². The molecule has 17 heteroatoms. The van der Waals surface area contributed by atoms with Crippen molar-refractivity contribution in [3.8, 4) is 0 Å². The maximum absolute atomic E-state index is 12.6. The van der Waals surface area contributed by atoms with E-state index in [1.54, 1.807) is 0 Å². The van der Waals surface area contributed by atoms with E-state index in [1.807, 2.05) is 6.08 Å². The van der Waals surface area contributed by atoms with Gasteiger partial charge in [-0.25, -0.2) is 9.13 Å². The van der Waals surface area contributed by atoms with Crippen molar-refractivity contribution in [2.75, 3.05) is 26.4 Å². The second kappa shape index (κ2) is 32.8. The Morgan fingerprint density at radius 3 is 1.74 bits per heavy atom. The molecule has 0 spiro atoms. The molecule has 6 N–H and O–H groups in total. The van der Waals surface area contributed by atoms with Gasteiger partial charge >= 0.3 is 27.6 Å². The Morgan fingerprint density at radius 1 is 0.611 bits per heavy atom. The number of phosphoric acid groups is 2. The Hall–Kier alpha value is -1.22. The molecule has 0 aliphatic rings. The normalized spacial score (nSPS) is 15.6. The first-order chi connectivity index (χ1) is 25.5. The Labute approximate surface area is 323 Å². The molecular weight excluding hydrogens is 746 g/mol. The molecule has 0 aliphatic heterocycles. The Kier molecular flexibility index (Phi) is 32.1. The van der Waals surface area contributed by atoms with E-state index in [2.05, 4.69) is 35.9 Å². The number of aliphatic hydroxyl groups is 3. The van der Waals surface area contributed by atoms with Crippen molar-refractivity contribution in [2.45, 2.75) is 180 Å². The third-order valence-electron chi connectivity index (χ3n) is 8.52. The van der Waals surface area contributed by atoms with Crippen LogP contribution in [0.4, 0.5) is 0 Å². The van der Waals surface area contributed by atoms with Crippen LogP contribution >= 0.6 is 15.6 Å². The average Bonchev–Trinajstić information content (AvgIpc) is 3.10. The smallest absolute Gasteiger partial charge is 0.462 e. The Morgan fingerprint density at radius 2 is 1.15 bits per heavy atom. The van der Waals surface area contributed by atoms with Gasteiger partial charge in [0.1, 0.15) is 12.7 Å². The molecule has 5 atom stereocenters. The van der Waals surface area contributed by atoms with Gasteiger partial charge in [-0.2, -0.15) is 0 Å². The molecule has 320 valence electrons. The topological polar surface area (TPSA) is 236 Å². The lowest BCUT2D eigenvalue weighted by atomic mass is 10.0. The first kappa shape index (κ1) is 52.8. The number of unbranched alkanes of at least 4 members (excludes halogenated alkanes) is 13. The second-order valence-electron chi connectivity index (χ2n) is 14.3. The van der Waals surface area contributed by atoms with E-state index in [4.69, 9.17) is 23.8 Å². The first-order valence-corrected chi connectivity index (χ1v) is 22.9. The highest BCUT2D eigenvalue weighted by Gasteiger charge is 2.28. The lowest BCUT2D eigenvalue weighted by Crippen LogP contribution is -2.30. The van der Waals surface area contributed by atoms with Gasteiger partial charge in [-0.1, -0.05) is 116 Å². The van der Waals surface area contributed by atoms with Crippen LogP contribution in [-0.4, -0.2) is 92.8 Å². The molecule has 54 heavy (non-hydrogen) atoms. The standard InChI is InChI=1S/C37H72O15P2/c1-4-5-6-7-13-18-23-34(39)35(40)24-19-14-11-16-20-25-36(41)48-29-33(30-51-54(46,47)50-28-32(38)27-49-53(43,44)45)52-37(42)26-21-15-10-8-9-12-17-22-31(2)3/h13,18,31-35,38-40H,4-12,14-17,19-30H2,1-3H3,(H,46,47)(H2,43,44,45)/b18-13-/t32-,33+,34+,35+/m0/s1. The third-order valence-corrected chi connectivity index (χ3v) is 9.96. The van der Waals surface area contributed by atoms with E-state index in [9.17, 15) is 38.9 Å². The van der Waals surface area contributed by atoms with Gasteiger partial charge in [0.05, 0.1) is 32.0 Å². The van der Waals surface area contributed by atoms with Crippen LogP contribution in [0.15, 0.2) is 12.2 Å². The summed E-state index contributed by atoms with van der Waals surface area (Å²) in [6.07, 6.45) is 17.0. The average molecular weight is 819 g/mol. The lowest BCUT2D eigenvalue weighted by Gasteiger charge is -2.20. The van der Waals surface area contributed by atoms with Gasteiger partial charge in [0.2, 0.25) is 0 Å². The third kappa shape index (κ3) is 35.2. The summed E-state index contributed by atoms with van der Waals surface area (Å²) < 4.78 is 47.5. The van der Waals surface area contributed by atoms with Crippen LogP contribution in [0, 0.1) is 5.92 Å². The summed E-state index contributed by atoms with van der Waals surface area (Å²) in [6, 6.07) is 0. The predicted molar refractivity (Wildman–Crippen MR) is 205 cm³/mol. The van der Waals surface area contributed by atoms with Crippen molar-refractivity contribution in [3.63, 3.8) is 0 Å². The minimum Gasteiger partial charge on any atom is -0.462 e. The summed E-state index contributed by atoms with van der Waals surface area (Å²) in [5.41, 5.74) is 0. The lowest BCUT2D eigenvalue weighted by molar-refractivity contribution is -0.161. The van der Waals surface area contributed by atoms with Gasteiger partial charge in [0.15, 0.2) is 6.10 Å². The summed E-state index contributed by atoms with van der Waals surface area (Å²) in [7, 11) is -9.70. The molecule has 0 heterocycles. The molecule has 1 unspecified atom stereocenters. The predicted octanol–water partition coefficient (Wildman–Crippen LogP) is 7.19. The molecular formula is C37H72O15P2. The molecule has 0 fully saturated rings. The van der Waals surface area contributed by atoms with Crippen LogP contribution in [0.3, 0.4) is 0 Å². The van der Waals surface area contributed by atoms with E-state index in [0.717, 1.165) is 70.6 Å². The van der Waals surface area contributed by atoms with E-state index in [0.29, 0.717) is 31.6 Å². The molecule has 0 aromatic rings. The largest absolute Gasteiger partial charge is 0.472 e. The molecule has 0 aliphatic carbocycles. The SMILES string of the molecule is CCCCC/C=C\C[C@@H](O)[C@H](O)CCCCCCCC(=O)OC[C@H](COP(=O)(O)OC[C@@H](O)COP(=O)(O)O)OC(=O)CCCCCCCCCC(C)C. The van der Waals surface area contributed by atoms with Crippen LogP contribution in [0.5, 0.6) is 0 Å². The molecule has 0 saturated carbocycles. The molecule has 0 aromatic carbocycles. The second-order valence-corrected chi connectivity index (χ2v) is 17.0. The van der Waals surface area contributed by atoms with Crippen molar-refractivity contribution >= 4 is 27.6 Å². The number of esters is 2. The van der Waals surface area contributed by atoms with Crippen LogP contribution in [0.2, 0.25) is 0 Å². The first-order valence-electron chi connectivity index (χ1n) is 19.9. The number of hydrogen-bond acceptors (Lipinski definition) is 12. The maximum Gasteiger partial charge on any atom is 0.472 e. The van der Waals surface area contributed by atoms with Crippen molar-refractivity contribution in [1.29, 1.82) is 0 Å². The minimum absolute atomic E-state index is 0.0983. The molecule has 0 bridgehead atoms. The van der Waals surface area contributed by atoms with Gasteiger partial charge in [-0.3, -0.25) is 23.2 Å². The van der Waals surface area contributed by atoms with Gasteiger partial charge in [-0.05, 0) is 44.4 Å². The Balaban J connectivity index is 4.64. The van der Waals surface area contributed by atoms with Crippen molar-refractivity contribution in [3.05, 3.63) is 12.2 Å². The molecule has 0 saturated heterocycles. The highest BCUT2D eigenvalue weighted by molar-refractivity contribution is 7.47. The number of allylic oxidation sites excluding steroid dienone is 1. The van der Waals surface area contributed by atoms with Crippen molar-refractivity contribution < 1.29 is 71.8 Å². The van der Waals surface area contributed by atoms with Gasteiger partial charge in [0.25, 0.3) is 0 Å². The van der Waals surface area contributed by atoms with Crippen molar-refractivity contribution in [2.24, 2.45) is 5.92 Å². The zero-order chi connectivity index (χ0) is 40.7. The number of carbonyl (C=O) groups excluding carboxylic acids is 2. The van der Waals surface area contributed by atoms with Crippen LogP contribution in [0.1, 0.15) is 156 Å². The zero-order valence-corrected chi connectivity index (χ0v) is 34.8. The fourth-order valence-corrected chi connectivity index (χ4v) is 6.48. The van der Waals surface area contributed by atoms with Crippen LogP contribution < -0.4 is 0 Å². The zero-order valence-electron chi connectivity index (χ0n) is 33.0. The van der Waals surface area contributed by atoms with Crippen LogP contribution in [-0.2, 0) is 41.8 Å². The molecule has 0 radical (unpaired) electrons. The van der Waals surface area contributed by atoms with E-state index >= 15 is 0 Å². The molecule has 0 amide bonds. The highest BCUT2D eigenvalue weighted by Crippen LogP contribution is 2.43. The van der Waals surface area contributed by atoms with Gasteiger partial charge < -0.3 is 39.5 Å². The molecule has 0 rings (SSSR count). The van der Waals surface area contributed by atoms with Crippen LogP contribution in [0.25, 0.3) is 0 Å². The fourth-order valence-electron chi connectivity index (χ4n) is 5.32. The summed E-state index contributed by atoms with van der Waals surface area (Å²) in [4.78, 5) is 52.5. The van der Waals surface area contributed by atoms with Gasteiger partial charge in [-0.15, -0.1) is 0 Å². The molecule has 15 nitrogen and oxygen atoms in total. The van der Waals surface area contributed by atoms with E-state index in [-0.39, 0.29) is 12.8 Å². The highest BCUT2D eigenvalue weighted by atomic mass is 31.2. The summed E-state index contributed by atoms with van der Waals surface area (Å²) in [5, 5.41) is 30.1. The number of rotatable bonds is 37. The Bertz CT molecular complexity index is 1070. The number of phosphoric ester groups is 2. The quantitative estimate of drug-likeness (QED) is 0.0157. The summed E-state index contributed by atoms with van der Waals surface area (Å²) in [5.74, 6) is -0.442. The van der Waals surface area contributed by atoms with Gasteiger partial charge in [0, 0.05) is 12.8 Å². The minimum atomic E-state index is -4.87. The number of aliphatic hydroxyl groups excluding tert-OH is 3. The maximum atomic E-state index is 12.6. The van der Waals surface area contributed by atoms with E-state index in [1.165, 1.54) is 25.7 Å².